The highest BCUT2D eigenvalue weighted by Crippen LogP contribution is 2.48. The van der Waals surface area contributed by atoms with Crippen molar-refractivity contribution < 1.29 is 9.15 Å². The number of nitrogens with zero attached hydrogens (tertiary/aromatic N) is 2. The molecule has 1 aliphatic rings. The fourth-order valence-electron chi connectivity index (χ4n) is 7.44. The van der Waals surface area contributed by atoms with Gasteiger partial charge in [0.15, 0.2) is 5.58 Å². The third kappa shape index (κ3) is 5.25. The van der Waals surface area contributed by atoms with Gasteiger partial charge in [0, 0.05) is 48.4 Å². The van der Waals surface area contributed by atoms with Crippen LogP contribution in [0.5, 0.6) is 5.75 Å². The van der Waals surface area contributed by atoms with Gasteiger partial charge in [-0.05, 0) is 95.8 Å². The average Bonchev–Trinajstić information content (AvgIpc) is 3.80. The standard InChI is InChI=1S/C46H32N2O2S/c1-2-11-30(12-3-1)31-22-24-34(25-23-31)48(35-16-8-14-33(27-35)46-47-40-19-5-6-20-41(40)50-46)36-28-39(37-18-9-13-32-15-10-26-49-45(32)37)44-38-17-4-7-21-42(38)51-43(44)29-36/h1-9,11-14,16-25,27-29H,10,15,26H2. The van der Waals surface area contributed by atoms with Crippen molar-refractivity contribution in [2.45, 2.75) is 12.8 Å². The molecule has 0 saturated carbocycles. The minimum absolute atomic E-state index is 0.603. The Labute approximate surface area is 299 Å². The third-order valence-corrected chi connectivity index (χ3v) is 10.9. The van der Waals surface area contributed by atoms with Crippen LogP contribution in [0.1, 0.15) is 12.0 Å². The molecule has 0 N–H and O–H groups in total. The van der Waals surface area contributed by atoms with E-state index in [1.807, 2.05) is 35.6 Å². The predicted molar refractivity (Wildman–Crippen MR) is 212 cm³/mol. The molecule has 0 aliphatic carbocycles. The van der Waals surface area contributed by atoms with Crippen LogP contribution in [-0.2, 0) is 6.42 Å². The van der Waals surface area contributed by atoms with Gasteiger partial charge in [-0.15, -0.1) is 11.3 Å². The molecule has 244 valence electrons. The highest BCUT2D eigenvalue weighted by Gasteiger charge is 2.23. The van der Waals surface area contributed by atoms with Gasteiger partial charge in [-0.2, -0.15) is 0 Å². The number of aromatic nitrogens is 1. The zero-order valence-electron chi connectivity index (χ0n) is 27.8. The fourth-order valence-corrected chi connectivity index (χ4v) is 8.60. The molecule has 4 nitrogen and oxygen atoms in total. The number of hydrogen-bond donors (Lipinski definition) is 0. The van der Waals surface area contributed by atoms with Crippen molar-refractivity contribution in [3.05, 3.63) is 163 Å². The fraction of sp³-hybridized carbons (Fsp3) is 0.0652. The molecular formula is C46H32N2O2S. The van der Waals surface area contributed by atoms with Crippen molar-refractivity contribution in [2.24, 2.45) is 0 Å². The van der Waals surface area contributed by atoms with Gasteiger partial charge in [0.1, 0.15) is 11.3 Å². The van der Waals surface area contributed by atoms with Crippen LogP contribution in [0.2, 0.25) is 0 Å². The largest absolute Gasteiger partial charge is 0.493 e. The molecule has 0 saturated heterocycles. The van der Waals surface area contributed by atoms with E-state index in [1.54, 1.807) is 0 Å². The minimum Gasteiger partial charge on any atom is -0.493 e. The van der Waals surface area contributed by atoms with E-state index in [-0.39, 0.29) is 0 Å². The van der Waals surface area contributed by atoms with E-state index in [0.29, 0.717) is 5.89 Å². The number of rotatable bonds is 6. The number of oxazole rings is 1. The maximum atomic E-state index is 6.43. The second-order valence-corrected chi connectivity index (χ2v) is 14.1. The summed E-state index contributed by atoms with van der Waals surface area (Å²) in [6.45, 7) is 0.736. The number of aryl methyl sites for hydroxylation is 1. The number of fused-ring (bicyclic) bond motifs is 5. The maximum absolute atomic E-state index is 6.43. The van der Waals surface area contributed by atoms with Crippen LogP contribution in [0.25, 0.3) is 65.0 Å². The number of benzene rings is 7. The Morgan fingerprint density at radius 1 is 0.569 bits per heavy atom. The summed E-state index contributed by atoms with van der Waals surface area (Å²) in [6.07, 6.45) is 2.06. The second kappa shape index (κ2) is 12.3. The van der Waals surface area contributed by atoms with Crippen LogP contribution in [-0.4, -0.2) is 11.6 Å². The van der Waals surface area contributed by atoms with E-state index in [0.717, 1.165) is 64.5 Å². The molecule has 5 heteroatoms. The highest BCUT2D eigenvalue weighted by atomic mass is 32.1. The van der Waals surface area contributed by atoms with E-state index in [4.69, 9.17) is 14.1 Å². The summed E-state index contributed by atoms with van der Waals surface area (Å²) in [7, 11) is 0. The molecular weight excluding hydrogens is 645 g/mol. The molecule has 51 heavy (non-hydrogen) atoms. The molecule has 0 atom stereocenters. The molecule has 10 rings (SSSR count). The SMILES string of the molecule is c1ccc(-c2ccc(N(c3cccc(-c4nc5ccccc5o4)c3)c3cc(-c4cccc5c4OCCC5)c4c(c3)sc3ccccc34)cc2)cc1. The normalized spacial score (nSPS) is 12.6. The van der Waals surface area contributed by atoms with Gasteiger partial charge in [0.05, 0.1) is 6.61 Å². The van der Waals surface area contributed by atoms with Crippen molar-refractivity contribution in [2.75, 3.05) is 11.5 Å². The molecule has 0 unspecified atom stereocenters. The molecule has 3 heterocycles. The zero-order chi connectivity index (χ0) is 33.7. The molecule has 1 aliphatic heterocycles. The predicted octanol–water partition coefficient (Wildman–Crippen LogP) is 13.0. The molecule has 2 aromatic heterocycles. The Bertz CT molecular complexity index is 2680. The lowest BCUT2D eigenvalue weighted by molar-refractivity contribution is 0.289. The molecule has 0 bridgehead atoms. The van der Waals surface area contributed by atoms with E-state index in [1.165, 1.54) is 42.4 Å². The van der Waals surface area contributed by atoms with E-state index in [2.05, 4.69) is 138 Å². The smallest absolute Gasteiger partial charge is 0.227 e. The Morgan fingerprint density at radius 2 is 1.35 bits per heavy atom. The second-order valence-electron chi connectivity index (χ2n) is 13.0. The summed E-state index contributed by atoms with van der Waals surface area (Å²) < 4.78 is 15.2. The van der Waals surface area contributed by atoms with Gasteiger partial charge in [-0.3, -0.25) is 0 Å². The summed E-state index contributed by atoms with van der Waals surface area (Å²) in [4.78, 5) is 7.19. The lowest BCUT2D eigenvalue weighted by Crippen LogP contribution is -2.11. The van der Waals surface area contributed by atoms with Crippen LogP contribution in [0.15, 0.2) is 162 Å². The van der Waals surface area contributed by atoms with Crippen molar-refractivity contribution in [1.29, 1.82) is 0 Å². The van der Waals surface area contributed by atoms with Gasteiger partial charge in [-0.1, -0.05) is 97.1 Å². The van der Waals surface area contributed by atoms with Crippen LogP contribution in [0, 0.1) is 0 Å². The van der Waals surface area contributed by atoms with Crippen LogP contribution < -0.4 is 9.64 Å². The first-order valence-electron chi connectivity index (χ1n) is 17.4. The van der Waals surface area contributed by atoms with E-state index in [9.17, 15) is 0 Å². The number of para-hydroxylation sites is 3. The van der Waals surface area contributed by atoms with Crippen molar-refractivity contribution in [3.8, 4) is 39.5 Å². The monoisotopic (exact) mass is 676 g/mol. The molecule has 0 spiro atoms. The number of ether oxygens (including phenoxy) is 1. The van der Waals surface area contributed by atoms with Gasteiger partial charge in [0.25, 0.3) is 0 Å². The van der Waals surface area contributed by atoms with Crippen LogP contribution >= 0.6 is 11.3 Å². The summed E-state index contributed by atoms with van der Waals surface area (Å²) in [5.74, 6) is 1.61. The molecule has 7 aromatic carbocycles. The van der Waals surface area contributed by atoms with Gasteiger partial charge in [0.2, 0.25) is 5.89 Å². The van der Waals surface area contributed by atoms with Gasteiger partial charge >= 0.3 is 0 Å². The van der Waals surface area contributed by atoms with Crippen molar-refractivity contribution in [1.82, 2.24) is 4.98 Å². The molecule has 9 aromatic rings. The van der Waals surface area contributed by atoms with Gasteiger partial charge < -0.3 is 14.1 Å². The number of anilines is 3. The topological polar surface area (TPSA) is 38.5 Å². The Kier molecular flexibility index (Phi) is 7.17. The summed E-state index contributed by atoms with van der Waals surface area (Å²) >= 11 is 1.84. The van der Waals surface area contributed by atoms with Crippen LogP contribution in [0.4, 0.5) is 17.1 Å². The average molecular weight is 677 g/mol. The van der Waals surface area contributed by atoms with Crippen LogP contribution in [0.3, 0.4) is 0 Å². The van der Waals surface area contributed by atoms with E-state index < -0.39 is 0 Å². The maximum Gasteiger partial charge on any atom is 0.227 e. The summed E-state index contributed by atoms with van der Waals surface area (Å²) in [6, 6.07) is 55.9. The molecule has 0 fully saturated rings. The Morgan fingerprint density at radius 3 is 2.25 bits per heavy atom. The van der Waals surface area contributed by atoms with E-state index >= 15 is 0 Å². The number of thiophene rings is 1. The quantitative estimate of drug-likeness (QED) is 0.176. The first-order chi connectivity index (χ1) is 25.3. The zero-order valence-corrected chi connectivity index (χ0v) is 28.6. The third-order valence-electron chi connectivity index (χ3n) is 9.82. The van der Waals surface area contributed by atoms with Crippen molar-refractivity contribution >= 4 is 59.7 Å². The van der Waals surface area contributed by atoms with Crippen molar-refractivity contribution in [3.63, 3.8) is 0 Å². The lowest BCUT2D eigenvalue weighted by atomic mass is 9.93. The highest BCUT2D eigenvalue weighted by molar-refractivity contribution is 7.26. The van der Waals surface area contributed by atoms with Gasteiger partial charge in [-0.25, -0.2) is 4.98 Å². The molecule has 0 radical (unpaired) electrons. The Hall–Kier alpha value is -6.17. The minimum atomic E-state index is 0.603. The Balaban J connectivity index is 1.20. The molecule has 0 amide bonds. The first kappa shape index (κ1) is 29.7. The lowest BCUT2D eigenvalue weighted by Gasteiger charge is -2.27. The number of hydrogen-bond acceptors (Lipinski definition) is 5. The first-order valence-corrected chi connectivity index (χ1v) is 18.2. The summed E-state index contributed by atoms with van der Waals surface area (Å²) in [5, 5.41) is 2.53. The summed E-state index contributed by atoms with van der Waals surface area (Å²) in [5.41, 5.74) is 11.6.